The Balaban J connectivity index is 1.64. The van der Waals surface area contributed by atoms with Gasteiger partial charge in [0.2, 0.25) is 0 Å². The van der Waals surface area contributed by atoms with Gasteiger partial charge in [0, 0.05) is 12.6 Å². The molecule has 1 aliphatic carbocycles. The summed E-state index contributed by atoms with van der Waals surface area (Å²) in [4.78, 5) is 2.55. The average Bonchev–Trinajstić information content (AvgIpc) is 2.84. The molecule has 12 heavy (non-hydrogen) atoms. The molecule has 1 unspecified atom stereocenters. The van der Waals surface area contributed by atoms with Crippen LogP contribution in [0.15, 0.2) is 0 Å². The minimum absolute atomic E-state index is 0.456. The molecule has 2 aliphatic rings. The van der Waals surface area contributed by atoms with E-state index in [2.05, 4.69) is 4.90 Å². The first kappa shape index (κ1) is 8.52. The zero-order valence-corrected chi connectivity index (χ0v) is 7.84. The molecule has 2 nitrogen and oxygen atoms in total. The zero-order valence-electron chi connectivity index (χ0n) is 7.84. The molecule has 2 rings (SSSR count). The molecule has 0 aromatic carbocycles. The van der Waals surface area contributed by atoms with Crippen molar-refractivity contribution >= 4 is 0 Å². The number of piperidine rings is 1. The zero-order chi connectivity index (χ0) is 8.39. The van der Waals surface area contributed by atoms with Crippen molar-refractivity contribution in [3.05, 3.63) is 0 Å². The van der Waals surface area contributed by atoms with Crippen LogP contribution < -0.4 is 5.73 Å². The van der Waals surface area contributed by atoms with Crippen molar-refractivity contribution < 1.29 is 0 Å². The van der Waals surface area contributed by atoms with Crippen molar-refractivity contribution in [2.75, 3.05) is 19.6 Å². The predicted molar refractivity (Wildman–Crippen MR) is 51.0 cm³/mol. The number of rotatable bonds is 3. The highest BCUT2D eigenvalue weighted by Crippen LogP contribution is 2.32. The van der Waals surface area contributed by atoms with Crippen molar-refractivity contribution in [1.82, 2.24) is 4.90 Å². The van der Waals surface area contributed by atoms with Crippen LogP contribution in [0.2, 0.25) is 0 Å². The van der Waals surface area contributed by atoms with Crippen LogP contribution in [0.25, 0.3) is 0 Å². The van der Waals surface area contributed by atoms with Gasteiger partial charge in [-0.05, 0) is 38.3 Å². The summed E-state index contributed by atoms with van der Waals surface area (Å²) >= 11 is 0. The fourth-order valence-corrected chi connectivity index (χ4v) is 2.07. The van der Waals surface area contributed by atoms with Crippen LogP contribution in [0, 0.1) is 5.92 Å². The van der Waals surface area contributed by atoms with E-state index in [9.17, 15) is 0 Å². The first-order valence-corrected chi connectivity index (χ1v) is 5.32. The Labute approximate surface area is 75.1 Å². The third-order valence-corrected chi connectivity index (χ3v) is 3.09. The summed E-state index contributed by atoms with van der Waals surface area (Å²) in [6, 6.07) is 0.456. The van der Waals surface area contributed by atoms with Crippen LogP contribution in [-0.4, -0.2) is 30.6 Å². The van der Waals surface area contributed by atoms with Crippen LogP contribution in [0.3, 0.4) is 0 Å². The van der Waals surface area contributed by atoms with E-state index in [-0.39, 0.29) is 0 Å². The number of likely N-dealkylation sites (tertiary alicyclic amines) is 1. The van der Waals surface area contributed by atoms with Crippen molar-refractivity contribution in [3.63, 3.8) is 0 Å². The molecule has 70 valence electrons. The summed E-state index contributed by atoms with van der Waals surface area (Å²) in [5.41, 5.74) is 5.91. The molecule has 1 aliphatic heterocycles. The second-order valence-corrected chi connectivity index (χ2v) is 4.43. The molecule has 1 saturated heterocycles. The van der Waals surface area contributed by atoms with Gasteiger partial charge in [0.1, 0.15) is 0 Å². The smallest absolute Gasteiger partial charge is 0.0168 e. The normalized spacial score (nSPS) is 32.2. The van der Waals surface area contributed by atoms with E-state index < -0.39 is 0 Å². The molecule has 2 N–H and O–H groups in total. The summed E-state index contributed by atoms with van der Waals surface area (Å²) in [6.07, 6.45) is 6.94. The largest absolute Gasteiger partial charge is 0.327 e. The highest BCUT2D eigenvalue weighted by Gasteiger charge is 2.23. The third-order valence-electron chi connectivity index (χ3n) is 3.09. The minimum Gasteiger partial charge on any atom is -0.327 e. The Bertz CT molecular complexity index is 143. The highest BCUT2D eigenvalue weighted by atomic mass is 15.1. The molecular formula is C10H20N2. The molecule has 0 bridgehead atoms. The summed E-state index contributed by atoms with van der Waals surface area (Å²) in [7, 11) is 0. The Morgan fingerprint density at radius 1 is 1.25 bits per heavy atom. The van der Waals surface area contributed by atoms with Crippen LogP contribution in [-0.2, 0) is 0 Å². The van der Waals surface area contributed by atoms with Crippen molar-refractivity contribution in [1.29, 1.82) is 0 Å². The maximum Gasteiger partial charge on any atom is 0.0168 e. The standard InChI is InChI=1S/C10H20N2/c11-10-2-1-6-12(8-10)7-5-9-3-4-9/h9-10H,1-8,11H2. The molecular weight excluding hydrogens is 148 g/mol. The molecule has 0 spiro atoms. The summed E-state index contributed by atoms with van der Waals surface area (Å²) < 4.78 is 0. The quantitative estimate of drug-likeness (QED) is 0.686. The van der Waals surface area contributed by atoms with E-state index in [4.69, 9.17) is 5.73 Å². The molecule has 0 aromatic rings. The fraction of sp³-hybridized carbons (Fsp3) is 1.00. The first-order chi connectivity index (χ1) is 5.84. The second kappa shape index (κ2) is 3.75. The van der Waals surface area contributed by atoms with E-state index in [0.717, 1.165) is 12.5 Å². The van der Waals surface area contributed by atoms with E-state index in [1.807, 2.05) is 0 Å². The highest BCUT2D eigenvalue weighted by molar-refractivity contribution is 4.78. The molecule has 1 heterocycles. The molecule has 2 heteroatoms. The maximum absolute atomic E-state index is 5.91. The number of hydrogen-bond donors (Lipinski definition) is 1. The van der Waals surface area contributed by atoms with Gasteiger partial charge in [-0.2, -0.15) is 0 Å². The van der Waals surface area contributed by atoms with Crippen LogP contribution in [0.4, 0.5) is 0 Å². The molecule has 0 amide bonds. The van der Waals surface area contributed by atoms with Gasteiger partial charge >= 0.3 is 0 Å². The van der Waals surface area contributed by atoms with Crippen molar-refractivity contribution in [2.45, 2.75) is 38.1 Å². The third kappa shape index (κ3) is 2.46. The number of nitrogens with zero attached hydrogens (tertiary/aromatic N) is 1. The van der Waals surface area contributed by atoms with E-state index in [1.165, 1.54) is 45.2 Å². The van der Waals surface area contributed by atoms with Gasteiger partial charge < -0.3 is 10.6 Å². The lowest BCUT2D eigenvalue weighted by molar-refractivity contribution is 0.204. The van der Waals surface area contributed by atoms with Crippen LogP contribution in [0.5, 0.6) is 0 Å². The number of hydrogen-bond acceptors (Lipinski definition) is 2. The lowest BCUT2D eigenvalue weighted by Gasteiger charge is -2.30. The Hall–Kier alpha value is -0.0800. The molecule has 0 radical (unpaired) electrons. The van der Waals surface area contributed by atoms with Gasteiger partial charge in [0.15, 0.2) is 0 Å². The second-order valence-electron chi connectivity index (χ2n) is 4.43. The van der Waals surface area contributed by atoms with Crippen molar-refractivity contribution in [2.24, 2.45) is 11.7 Å². The molecule has 1 saturated carbocycles. The lowest BCUT2D eigenvalue weighted by Crippen LogP contribution is -2.43. The Morgan fingerprint density at radius 3 is 2.75 bits per heavy atom. The number of nitrogens with two attached hydrogens (primary N) is 1. The minimum atomic E-state index is 0.456. The molecule has 0 aromatic heterocycles. The summed E-state index contributed by atoms with van der Waals surface area (Å²) in [5.74, 6) is 1.07. The Morgan fingerprint density at radius 2 is 2.08 bits per heavy atom. The van der Waals surface area contributed by atoms with E-state index >= 15 is 0 Å². The Kier molecular flexibility index (Phi) is 2.66. The van der Waals surface area contributed by atoms with E-state index in [1.54, 1.807) is 0 Å². The van der Waals surface area contributed by atoms with Gasteiger partial charge in [0.25, 0.3) is 0 Å². The van der Waals surface area contributed by atoms with Crippen molar-refractivity contribution in [3.8, 4) is 0 Å². The van der Waals surface area contributed by atoms with Gasteiger partial charge in [-0.15, -0.1) is 0 Å². The van der Waals surface area contributed by atoms with Gasteiger partial charge in [-0.25, -0.2) is 0 Å². The topological polar surface area (TPSA) is 29.3 Å². The van der Waals surface area contributed by atoms with Crippen LogP contribution in [0.1, 0.15) is 32.1 Å². The maximum atomic E-state index is 5.91. The molecule has 2 fully saturated rings. The van der Waals surface area contributed by atoms with E-state index in [0.29, 0.717) is 6.04 Å². The SMILES string of the molecule is NC1CCCN(CCC2CC2)C1. The lowest BCUT2D eigenvalue weighted by atomic mass is 10.1. The predicted octanol–water partition coefficient (Wildman–Crippen LogP) is 1.21. The van der Waals surface area contributed by atoms with Gasteiger partial charge in [0.05, 0.1) is 0 Å². The summed E-state index contributed by atoms with van der Waals surface area (Å²) in [6.45, 7) is 3.74. The van der Waals surface area contributed by atoms with Gasteiger partial charge in [-0.1, -0.05) is 12.8 Å². The van der Waals surface area contributed by atoms with Gasteiger partial charge in [-0.3, -0.25) is 0 Å². The average molecular weight is 168 g/mol. The monoisotopic (exact) mass is 168 g/mol. The first-order valence-electron chi connectivity index (χ1n) is 5.32. The summed E-state index contributed by atoms with van der Waals surface area (Å²) in [5, 5.41) is 0. The molecule has 1 atom stereocenters. The van der Waals surface area contributed by atoms with Crippen LogP contribution >= 0.6 is 0 Å². The fourth-order valence-electron chi connectivity index (χ4n) is 2.07.